The second-order valence-electron chi connectivity index (χ2n) is 10.4. The Morgan fingerprint density at radius 2 is 1.59 bits per heavy atom. The van der Waals surface area contributed by atoms with Crippen LogP contribution in [0.1, 0.15) is 54.6 Å². The van der Waals surface area contributed by atoms with Gasteiger partial charge < -0.3 is 14.6 Å². The first-order chi connectivity index (χ1) is 17.5. The summed E-state index contributed by atoms with van der Waals surface area (Å²) in [6, 6.07) is 17.6. The number of aliphatic hydroxyl groups excluding tert-OH is 1. The number of anilines is 1. The number of carbonyl (C=O) groups excluding carboxylic acids is 2. The fourth-order valence-corrected chi connectivity index (χ4v) is 4.89. The van der Waals surface area contributed by atoms with Gasteiger partial charge in [-0.25, -0.2) is 0 Å². The number of aliphatic hydroxyl groups is 1. The second kappa shape index (κ2) is 9.77. The maximum atomic E-state index is 13.6. The van der Waals surface area contributed by atoms with Crippen LogP contribution in [0.3, 0.4) is 0 Å². The zero-order valence-corrected chi connectivity index (χ0v) is 22.4. The van der Waals surface area contributed by atoms with E-state index >= 15 is 0 Å². The highest BCUT2D eigenvalue weighted by Crippen LogP contribution is 2.44. The van der Waals surface area contributed by atoms with Crippen LogP contribution in [0, 0.1) is 13.8 Å². The Bertz CT molecular complexity index is 1400. The number of amides is 1. The van der Waals surface area contributed by atoms with Crippen LogP contribution in [-0.2, 0) is 15.0 Å². The van der Waals surface area contributed by atoms with Gasteiger partial charge in [0, 0.05) is 5.69 Å². The third kappa shape index (κ3) is 4.71. The maximum Gasteiger partial charge on any atom is 0.300 e. The van der Waals surface area contributed by atoms with Gasteiger partial charge in [-0.3, -0.25) is 14.5 Å². The van der Waals surface area contributed by atoms with E-state index in [0.29, 0.717) is 28.3 Å². The van der Waals surface area contributed by atoms with Crippen molar-refractivity contribution in [3.63, 3.8) is 0 Å². The van der Waals surface area contributed by atoms with Crippen LogP contribution in [0.4, 0.5) is 5.69 Å². The molecular formula is C31H33NO5. The Morgan fingerprint density at radius 1 is 0.919 bits per heavy atom. The molecule has 1 unspecified atom stereocenters. The van der Waals surface area contributed by atoms with E-state index in [0.717, 1.165) is 16.7 Å². The summed E-state index contributed by atoms with van der Waals surface area (Å²) in [5.41, 5.74) is 4.32. The highest BCUT2D eigenvalue weighted by Gasteiger charge is 2.47. The van der Waals surface area contributed by atoms with E-state index < -0.39 is 17.7 Å². The molecule has 192 valence electrons. The normalized spacial score (nSPS) is 17.3. The van der Waals surface area contributed by atoms with Crippen molar-refractivity contribution >= 4 is 23.1 Å². The van der Waals surface area contributed by atoms with Gasteiger partial charge in [0.1, 0.15) is 17.3 Å². The number of Topliss-reactive ketones (excluding diaryl/α,β-unsaturated/α-hetero) is 1. The molecule has 3 aromatic carbocycles. The first kappa shape index (κ1) is 26.0. The molecule has 0 spiro atoms. The molecule has 0 aromatic heterocycles. The zero-order chi connectivity index (χ0) is 27.1. The molecular weight excluding hydrogens is 466 g/mol. The largest absolute Gasteiger partial charge is 0.507 e. The predicted octanol–water partition coefficient (Wildman–Crippen LogP) is 6.24. The summed E-state index contributed by atoms with van der Waals surface area (Å²) in [5.74, 6) is -0.709. The van der Waals surface area contributed by atoms with Crippen LogP contribution in [0.15, 0.2) is 66.2 Å². The fourth-order valence-electron chi connectivity index (χ4n) is 4.89. The highest BCUT2D eigenvalue weighted by atomic mass is 16.5. The summed E-state index contributed by atoms with van der Waals surface area (Å²) < 4.78 is 11.0. The SMILES string of the molecule is COc1cccc(C2/C(=C(\O)c3cc(C)cc(C)c3OC)C(=O)C(=O)N2c2ccc(C(C)(C)C)cc2)c1. The van der Waals surface area contributed by atoms with Crippen molar-refractivity contribution < 1.29 is 24.2 Å². The minimum absolute atomic E-state index is 0.00134. The first-order valence-corrected chi connectivity index (χ1v) is 12.2. The van der Waals surface area contributed by atoms with Gasteiger partial charge in [0.05, 0.1) is 31.4 Å². The molecule has 6 heteroatoms. The van der Waals surface area contributed by atoms with Gasteiger partial charge in [0.15, 0.2) is 0 Å². The van der Waals surface area contributed by atoms with Gasteiger partial charge in [0.2, 0.25) is 0 Å². The van der Waals surface area contributed by atoms with Gasteiger partial charge in [-0.1, -0.05) is 51.1 Å². The Labute approximate surface area is 218 Å². The fraction of sp³-hybridized carbons (Fsp3) is 0.290. The molecule has 1 saturated heterocycles. The van der Waals surface area contributed by atoms with E-state index in [9.17, 15) is 14.7 Å². The lowest BCUT2D eigenvalue weighted by Crippen LogP contribution is -2.29. The lowest BCUT2D eigenvalue weighted by Gasteiger charge is -2.27. The number of hydrogen-bond donors (Lipinski definition) is 1. The van der Waals surface area contributed by atoms with E-state index in [1.54, 1.807) is 31.4 Å². The highest BCUT2D eigenvalue weighted by molar-refractivity contribution is 6.51. The molecule has 0 radical (unpaired) electrons. The van der Waals surface area contributed by atoms with Crippen molar-refractivity contribution in [2.24, 2.45) is 0 Å². The Balaban J connectivity index is 1.98. The molecule has 1 aliphatic rings. The van der Waals surface area contributed by atoms with Gasteiger partial charge in [0.25, 0.3) is 11.7 Å². The van der Waals surface area contributed by atoms with E-state index in [1.807, 2.05) is 50.2 Å². The van der Waals surface area contributed by atoms with Gasteiger partial charge in [-0.2, -0.15) is 0 Å². The summed E-state index contributed by atoms with van der Waals surface area (Å²) in [7, 11) is 3.07. The lowest BCUT2D eigenvalue weighted by atomic mass is 9.87. The zero-order valence-electron chi connectivity index (χ0n) is 22.4. The van der Waals surface area contributed by atoms with Crippen LogP contribution >= 0.6 is 0 Å². The average Bonchev–Trinajstić information content (AvgIpc) is 3.13. The molecule has 1 amide bonds. The van der Waals surface area contributed by atoms with Crippen molar-refractivity contribution in [2.45, 2.75) is 46.1 Å². The molecule has 0 bridgehead atoms. The van der Waals surface area contributed by atoms with Crippen molar-refractivity contribution in [2.75, 3.05) is 19.1 Å². The van der Waals surface area contributed by atoms with Crippen molar-refractivity contribution in [1.29, 1.82) is 0 Å². The third-order valence-corrected chi connectivity index (χ3v) is 6.74. The number of nitrogens with zero attached hydrogens (tertiary/aromatic N) is 1. The summed E-state index contributed by atoms with van der Waals surface area (Å²) >= 11 is 0. The molecule has 4 rings (SSSR count). The molecule has 1 heterocycles. The summed E-state index contributed by atoms with van der Waals surface area (Å²) in [6.45, 7) is 10.1. The summed E-state index contributed by atoms with van der Waals surface area (Å²) in [6.07, 6.45) is 0. The molecule has 37 heavy (non-hydrogen) atoms. The van der Waals surface area contributed by atoms with Crippen molar-refractivity contribution in [3.05, 3.63) is 94.1 Å². The maximum absolute atomic E-state index is 13.6. The van der Waals surface area contributed by atoms with Gasteiger partial charge in [-0.05, 0) is 71.8 Å². The second-order valence-corrected chi connectivity index (χ2v) is 10.4. The Hall–Kier alpha value is -4.06. The monoisotopic (exact) mass is 499 g/mol. The number of hydrogen-bond acceptors (Lipinski definition) is 5. The molecule has 1 atom stereocenters. The van der Waals surface area contributed by atoms with Crippen LogP contribution in [0.25, 0.3) is 5.76 Å². The van der Waals surface area contributed by atoms with Crippen LogP contribution in [0.2, 0.25) is 0 Å². The predicted molar refractivity (Wildman–Crippen MR) is 145 cm³/mol. The molecule has 1 aliphatic heterocycles. The first-order valence-electron chi connectivity index (χ1n) is 12.2. The molecule has 1 fully saturated rings. The van der Waals surface area contributed by atoms with E-state index in [1.165, 1.54) is 12.0 Å². The lowest BCUT2D eigenvalue weighted by molar-refractivity contribution is -0.132. The van der Waals surface area contributed by atoms with Crippen molar-refractivity contribution in [3.8, 4) is 11.5 Å². The third-order valence-electron chi connectivity index (χ3n) is 6.74. The minimum atomic E-state index is -0.860. The van der Waals surface area contributed by atoms with Crippen LogP contribution < -0.4 is 14.4 Å². The Morgan fingerprint density at radius 3 is 2.19 bits per heavy atom. The number of carbonyl (C=O) groups is 2. The molecule has 0 aliphatic carbocycles. The molecule has 0 saturated carbocycles. The number of benzene rings is 3. The standard InChI is InChI=1S/C31H33NO5/c1-18-15-19(2)29(37-7)24(16-18)27(33)25-26(20-9-8-10-23(17-20)36-6)32(30(35)28(25)34)22-13-11-21(12-14-22)31(3,4)5/h8-17,26,33H,1-7H3/b27-25+. The van der Waals surface area contributed by atoms with E-state index in [4.69, 9.17) is 9.47 Å². The van der Waals surface area contributed by atoms with E-state index in [2.05, 4.69) is 20.8 Å². The summed E-state index contributed by atoms with van der Waals surface area (Å²) in [5, 5.41) is 11.6. The number of methoxy groups -OCH3 is 2. The average molecular weight is 500 g/mol. The number of rotatable bonds is 5. The molecule has 1 N–H and O–H groups in total. The number of aryl methyl sites for hydroxylation is 2. The minimum Gasteiger partial charge on any atom is -0.507 e. The Kier molecular flexibility index (Phi) is 6.87. The number of ketones is 1. The smallest absolute Gasteiger partial charge is 0.300 e. The number of ether oxygens (including phenoxy) is 2. The molecule has 6 nitrogen and oxygen atoms in total. The topological polar surface area (TPSA) is 76.1 Å². The van der Waals surface area contributed by atoms with Crippen molar-refractivity contribution in [1.82, 2.24) is 0 Å². The van der Waals surface area contributed by atoms with Crippen LogP contribution in [-0.4, -0.2) is 31.0 Å². The van der Waals surface area contributed by atoms with Gasteiger partial charge in [-0.15, -0.1) is 0 Å². The van der Waals surface area contributed by atoms with E-state index in [-0.39, 0.29) is 16.7 Å². The quantitative estimate of drug-likeness (QED) is 0.255. The summed E-state index contributed by atoms with van der Waals surface area (Å²) in [4.78, 5) is 28.5. The van der Waals surface area contributed by atoms with Crippen LogP contribution in [0.5, 0.6) is 11.5 Å². The molecule has 3 aromatic rings. The van der Waals surface area contributed by atoms with Gasteiger partial charge >= 0.3 is 0 Å².